The predicted molar refractivity (Wildman–Crippen MR) is 82.2 cm³/mol. The van der Waals surface area contributed by atoms with Crippen LogP contribution in [0.3, 0.4) is 0 Å². The smallest absolute Gasteiger partial charge is 0.256 e. The van der Waals surface area contributed by atoms with Crippen LogP contribution in [0.1, 0.15) is 35.5 Å². The van der Waals surface area contributed by atoms with Crippen molar-refractivity contribution in [3.05, 3.63) is 46.5 Å². The number of rotatable bonds is 5. The molecule has 0 aliphatic heterocycles. The Bertz CT molecular complexity index is 622. The Labute approximate surface area is 129 Å². The quantitative estimate of drug-likeness (QED) is 0.924. The van der Waals surface area contributed by atoms with Gasteiger partial charge >= 0.3 is 0 Å². The molecular formula is C15H19ClN4O. The van der Waals surface area contributed by atoms with Crippen molar-refractivity contribution in [2.24, 2.45) is 5.92 Å². The van der Waals surface area contributed by atoms with Crippen molar-refractivity contribution in [2.45, 2.75) is 33.9 Å². The third-order valence-electron chi connectivity index (χ3n) is 3.03. The zero-order chi connectivity index (χ0) is 15.4. The SMILES string of the molecule is Cc1nn(CC(C)C)c(Cl)c1C(=O)NCc1ccncc1. The molecule has 2 heterocycles. The molecule has 0 atom stereocenters. The lowest BCUT2D eigenvalue weighted by Crippen LogP contribution is -2.23. The highest BCUT2D eigenvalue weighted by molar-refractivity contribution is 6.33. The molecule has 1 amide bonds. The number of hydrogen-bond donors (Lipinski definition) is 1. The molecule has 1 N–H and O–H groups in total. The molecule has 0 saturated carbocycles. The Hall–Kier alpha value is -1.88. The summed E-state index contributed by atoms with van der Waals surface area (Å²) in [6.45, 7) is 7.08. The highest BCUT2D eigenvalue weighted by atomic mass is 35.5. The number of aromatic nitrogens is 3. The standard InChI is InChI=1S/C15H19ClN4O/c1-10(2)9-20-14(16)13(11(3)19-20)15(21)18-8-12-4-6-17-7-5-12/h4-7,10H,8-9H2,1-3H3,(H,18,21). The highest BCUT2D eigenvalue weighted by Gasteiger charge is 2.20. The minimum atomic E-state index is -0.204. The number of halogens is 1. The molecule has 6 heteroatoms. The molecule has 112 valence electrons. The van der Waals surface area contributed by atoms with Gasteiger partial charge in [-0.1, -0.05) is 25.4 Å². The molecule has 21 heavy (non-hydrogen) atoms. The topological polar surface area (TPSA) is 59.8 Å². The van der Waals surface area contributed by atoms with Gasteiger partial charge in [0.05, 0.1) is 11.3 Å². The molecule has 5 nitrogen and oxygen atoms in total. The van der Waals surface area contributed by atoms with Crippen molar-refractivity contribution >= 4 is 17.5 Å². The fourth-order valence-corrected chi connectivity index (χ4v) is 2.38. The highest BCUT2D eigenvalue weighted by Crippen LogP contribution is 2.20. The van der Waals surface area contributed by atoms with Gasteiger partial charge in [-0.25, -0.2) is 0 Å². The van der Waals surface area contributed by atoms with Crippen LogP contribution in [-0.4, -0.2) is 20.7 Å². The van der Waals surface area contributed by atoms with Crippen molar-refractivity contribution in [1.29, 1.82) is 0 Å². The summed E-state index contributed by atoms with van der Waals surface area (Å²) in [7, 11) is 0. The summed E-state index contributed by atoms with van der Waals surface area (Å²) in [6.07, 6.45) is 3.39. The van der Waals surface area contributed by atoms with Crippen LogP contribution in [0.2, 0.25) is 5.15 Å². The Balaban J connectivity index is 2.10. The Kier molecular flexibility index (Phi) is 4.96. The fourth-order valence-electron chi connectivity index (χ4n) is 2.05. The third kappa shape index (κ3) is 3.82. The van der Waals surface area contributed by atoms with Crippen LogP contribution in [-0.2, 0) is 13.1 Å². The first-order valence-electron chi connectivity index (χ1n) is 6.89. The molecular weight excluding hydrogens is 288 g/mol. The van der Waals surface area contributed by atoms with Crippen molar-refractivity contribution in [3.63, 3.8) is 0 Å². The lowest BCUT2D eigenvalue weighted by molar-refractivity contribution is 0.0950. The average Bonchev–Trinajstić information content (AvgIpc) is 2.71. The maximum Gasteiger partial charge on any atom is 0.256 e. The van der Waals surface area contributed by atoms with E-state index in [1.165, 1.54) is 0 Å². The van der Waals surface area contributed by atoms with Crippen LogP contribution in [0, 0.1) is 12.8 Å². The van der Waals surface area contributed by atoms with E-state index in [2.05, 4.69) is 29.2 Å². The molecule has 2 aromatic heterocycles. The van der Waals surface area contributed by atoms with E-state index in [4.69, 9.17) is 11.6 Å². The van der Waals surface area contributed by atoms with E-state index >= 15 is 0 Å². The number of aryl methyl sites for hydroxylation is 1. The van der Waals surface area contributed by atoms with E-state index in [9.17, 15) is 4.79 Å². The number of nitrogens with zero attached hydrogens (tertiary/aromatic N) is 3. The van der Waals surface area contributed by atoms with Gasteiger partial charge in [0.2, 0.25) is 0 Å². The van der Waals surface area contributed by atoms with E-state index in [1.54, 1.807) is 24.0 Å². The van der Waals surface area contributed by atoms with E-state index < -0.39 is 0 Å². The fraction of sp³-hybridized carbons (Fsp3) is 0.400. The van der Waals surface area contributed by atoms with Gasteiger partial charge in [0.1, 0.15) is 5.15 Å². The van der Waals surface area contributed by atoms with Crippen LogP contribution in [0.5, 0.6) is 0 Å². The summed E-state index contributed by atoms with van der Waals surface area (Å²) in [5, 5.41) is 7.60. The molecule has 0 aromatic carbocycles. The molecule has 0 spiro atoms. The lowest BCUT2D eigenvalue weighted by Gasteiger charge is -2.07. The van der Waals surface area contributed by atoms with Crippen LogP contribution in [0.25, 0.3) is 0 Å². The van der Waals surface area contributed by atoms with E-state index in [0.717, 1.165) is 5.56 Å². The van der Waals surface area contributed by atoms with Gasteiger partial charge in [-0.15, -0.1) is 0 Å². The zero-order valence-corrected chi connectivity index (χ0v) is 13.2. The van der Waals surface area contributed by atoms with Crippen molar-refractivity contribution in [2.75, 3.05) is 0 Å². The van der Waals surface area contributed by atoms with Gasteiger partial charge in [-0.2, -0.15) is 5.10 Å². The molecule has 2 rings (SSSR count). The minimum absolute atomic E-state index is 0.204. The number of hydrogen-bond acceptors (Lipinski definition) is 3. The Morgan fingerprint density at radius 3 is 2.67 bits per heavy atom. The second-order valence-electron chi connectivity index (χ2n) is 5.37. The van der Waals surface area contributed by atoms with Crippen molar-refractivity contribution in [3.8, 4) is 0 Å². The van der Waals surface area contributed by atoms with E-state index in [0.29, 0.717) is 35.4 Å². The molecule has 0 bridgehead atoms. The predicted octanol–water partition coefficient (Wildman–Crippen LogP) is 2.83. The van der Waals surface area contributed by atoms with Crippen molar-refractivity contribution < 1.29 is 4.79 Å². The number of amides is 1. The summed E-state index contributed by atoms with van der Waals surface area (Å²) >= 11 is 6.28. The van der Waals surface area contributed by atoms with Gasteiger partial charge in [0.25, 0.3) is 5.91 Å². The van der Waals surface area contributed by atoms with Gasteiger partial charge in [-0.3, -0.25) is 14.5 Å². The summed E-state index contributed by atoms with van der Waals surface area (Å²) < 4.78 is 1.68. The van der Waals surface area contributed by atoms with Gasteiger partial charge in [0, 0.05) is 25.5 Å². The van der Waals surface area contributed by atoms with Crippen LogP contribution >= 0.6 is 11.6 Å². The first kappa shape index (κ1) is 15.5. The second kappa shape index (κ2) is 6.72. The minimum Gasteiger partial charge on any atom is -0.348 e. The van der Waals surface area contributed by atoms with Crippen LogP contribution in [0.4, 0.5) is 0 Å². The largest absolute Gasteiger partial charge is 0.348 e. The number of nitrogens with one attached hydrogen (secondary N) is 1. The normalized spacial score (nSPS) is 10.9. The molecule has 0 fully saturated rings. The second-order valence-corrected chi connectivity index (χ2v) is 5.72. The summed E-state index contributed by atoms with van der Waals surface area (Å²) in [5.41, 5.74) is 2.08. The summed E-state index contributed by atoms with van der Waals surface area (Å²) in [4.78, 5) is 16.2. The first-order chi connectivity index (χ1) is 9.99. The summed E-state index contributed by atoms with van der Waals surface area (Å²) in [5.74, 6) is 0.207. The molecule has 0 saturated heterocycles. The maximum atomic E-state index is 12.3. The summed E-state index contributed by atoms with van der Waals surface area (Å²) in [6, 6.07) is 3.72. The third-order valence-corrected chi connectivity index (χ3v) is 3.42. The number of carbonyl (C=O) groups is 1. The Morgan fingerprint density at radius 2 is 2.05 bits per heavy atom. The molecule has 2 aromatic rings. The zero-order valence-electron chi connectivity index (χ0n) is 12.4. The number of pyridine rings is 1. The van der Waals surface area contributed by atoms with Crippen molar-refractivity contribution in [1.82, 2.24) is 20.1 Å². The van der Waals surface area contributed by atoms with E-state index in [1.807, 2.05) is 12.1 Å². The number of carbonyl (C=O) groups excluding carboxylic acids is 1. The molecule has 0 radical (unpaired) electrons. The monoisotopic (exact) mass is 306 g/mol. The average molecular weight is 307 g/mol. The van der Waals surface area contributed by atoms with Gasteiger partial charge < -0.3 is 5.32 Å². The lowest BCUT2D eigenvalue weighted by atomic mass is 10.2. The van der Waals surface area contributed by atoms with Crippen LogP contribution in [0.15, 0.2) is 24.5 Å². The molecule has 0 aliphatic rings. The van der Waals surface area contributed by atoms with Gasteiger partial charge in [-0.05, 0) is 30.5 Å². The molecule has 0 aliphatic carbocycles. The van der Waals surface area contributed by atoms with Gasteiger partial charge in [0.15, 0.2) is 0 Å². The Morgan fingerprint density at radius 1 is 1.38 bits per heavy atom. The molecule has 0 unspecified atom stereocenters. The maximum absolute atomic E-state index is 12.3. The van der Waals surface area contributed by atoms with E-state index in [-0.39, 0.29) is 5.91 Å². The first-order valence-corrected chi connectivity index (χ1v) is 7.26. The van der Waals surface area contributed by atoms with Crippen LogP contribution < -0.4 is 5.32 Å².